The second-order valence-electron chi connectivity index (χ2n) is 12.3. The van der Waals surface area contributed by atoms with E-state index in [1.807, 2.05) is 13.8 Å². The largest absolute Gasteiger partial charge is 0.395 e. The summed E-state index contributed by atoms with van der Waals surface area (Å²) in [7, 11) is 4.82. The molecule has 2 heterocycles. The monoisotopic (exact) mass is 595 g/mol. The van der Waals surface area contributed by atoms with Gasteiger partial charge in [-0.15, -0.1) is 0 Å². The average molecular weight is 596 g/mol. The molecule has 3 aliphatic rings. The second kappa shape index (κ2) is 16.0. The van der Waals surface area contributed by atoms with Crippen LogP contribution in [-0.2, 0) is 28.7 Å². The van der Waals surface area contributed by atoms with Gasteiger partial charge in [-0.1, -0.05) is 27.2 Å². The molecule has 4 amide bonds. The number of fused-ring (bicyclic) bond motifs is 2. The Morgan fingerprint density at radius 1 is 1.10 bits per heavy atom. The van der Waals surface area contributed by atoms with Gasteiger partial charge in [-0.05, 0) is 43.9 Å². The highest BCUT2D eigenvalue weighted by Gasteiger charge is 2.44. The Labute approximate surface area is 250 Å². The number of carbonyl (C=O) groups is 4. The summed E-state index contributed by atoms with van der Waals surface area (Å²) >= 11 is 0. The van der Waals surface area contributed by atoms with Crippen LogP contribution in [0.15, 0.2) is 0 Å². The molecule has 42 heavy (non-hydrogen) atoms. The van der Waals surface area contributed by atoms with Crippen molar-refractivity contribution in [3.8, 4) is 0 Å². The quantitative estimate of drug-likeness (QED) is 0.199. The van der Waals surface area contributed by atoms with Gasteiger partial charge >= 0.3 is 0 Å². The summed E-state index contributed by atoms with van der Waals surface area (Å²) in [5, 5.41) is 18.0. The summed E-state index contributed by atoms with van der Waals surface area (Å²) in [6, 6.07) is -0.480. The number of likely N-dealkylation sites (N-methyl/N-ethyl adjacent to an activating group) is 1. The number of methoxy groups -OCH3 is 2. The van der Waals surface area contributed by atoms with Crippen molar-refractivity contribution in [2.75, 3.05) is 47.5 Å². The molecule has 0 aromatic heterocycles. The van der Waals surface area contributed by atoms with Crippen LogP contribution in [0.2, 0.25) is 0 Å². The van der Waals surface area contributed by atoms with Crippen LogP contribution in [0.1, 0.15) is 65.7 Å². The van der Waals surface area contributed by atoms with Crippen molar-refractivity contribution in [2.24, 2.45) is 17.8 Å². The first-order chi connectivity index (χ1) is 20.1. The molecular formula is C30H53N5O7. The summed E-state index contributed by atoms with van der Waals surface area (Å²) in [5.41, 5.74) is 0. The average Bonchev–Trinajstić information content (AvgIpc) is 3.76. The van der Waals surface area contributed by atoms with Gasteiger partial charge in [0.2, 0.25) is 23.6 Å². The molecule has 12 heteroatoms. The van der Waals surface area contributed by atoms with Crippen molar-refractivity contribution in [1.29, 1.82) is 0 Å². The third kappa shape index (κ3) is 8.00. The van der Waals surface area contributed by atoms with Crippen LogP contribution in [0.3, 0.4) is 0 Å². The number of ether oxygens (including phenoxy) is 2. The zero-order valence-electron chi connectivity index (χ0n) is 26.3. The number of nitrogens with zero attached hydrogens (tertiary/aromatic N) is 2. The van der Waals surface area contributed by atoms with Crippen molar-refractivity contribution < 1.29 is 33.8 Å². The topological polar surface area (TPSA) is 150 Å². The van der Waals surface area contributed by atoms with Crippen molar-refractivity contribution in [3.05, 3.63) is 0 Å². The Balaban J connectivity index is 1.64. The third-order valence-electron chi connectivity index (χ3n) is 9.77. The Bertz CT molecular complexity index is 936. The molecule has 240 valence electrons. The summed E-state index contributed by atoms with van der Waals surface area (Å²) in [5.74, 6) is -0.841. The fourth-order valence-corrected chi connectivity index (χ4v) is 7.21. The van der Waals surface area contributed by atoms with Crippen LogP contribution in [0.4, 0.5) is 0 Å². The summed E-state index contributed by atoms with van der Waals surface area (Å²) in [4.78, 5) is 55.8. The Morgan fingerprint density at radius 2 is 1.83 bits per heavy atom. The molecule has 3 rings (SSSR count). The molecular weight excluding hydrogens is 542 g/mol. The van der Waals surface area contributed by atoms with Gasteiger partial charge in [0.15, 0.2) is 0 Å². The predicted molar refractivity (Wildman–Crippen MR) is 157 cm³/mol. The van der Waals surface area contributed by atoms with E-state index < -0.39 is 18.1 Å². The molecule has 2 aliphatic heterocycles. The van der Waals surface area contributed by atoms with Crippen molar-refractivity contribution >= 4 is 23.6 Å². The fourth-order valence-electron chi connectivity index (χ4n) is 7.21. The first-order valence-corrected chi connectivity index (χ1v) is 15.6. The zero-order valence-corrected chi connectivity index (χ0v) is 26.3. The Hall–Kier alpha value is -2.28. The van der Waals surface area contributed by atoms with E-state index in [0.29, 0.717) is 24.9 Å². The van der Waals surface area contributed by atoms with E-state index >= 15 is 0 Å². The molecule has 9 atom stereocenters. The Morgan fingerprint density at radius 3 is 2.40 bits per heavy atom. The van der Waals surface area contributed by atoms with Crippen molar-refractivity contribution in [1.82, 2.24) is 25.8 Å². The number of piperidine rings is 1. The van der Waals surface area contributed by atoms with Crippen LogP contribution >= 0.6 is 0 Å². The van der Waals surface area contributed by atoms with Gasteiger partial charge in [0.25, 0.3) is 0 Å². The number of nitrogens with one attached hydrogen (secondary N) is 3. The summed E-state index contributed by atoms with van der Waals surface area (Å²) in [6.45, 7) is 6.30. The van der Waals surface area contributed by atoms with Crippen LogP contribution < -0.4 is 16.0 Å². The van der Waals surface area contributed by atoms with Gasteiger partial charge in [0, 0.05) is 40.4 Å². The number of aliphatic hydroxyl groups is 1. The van der Waals surface area contributed by atoms with Gasteiger partial charge in [-0.25, -0.2) is 0 Å². The lowest BCUT2D eigenvalue weighted by atomic mass is 9.90. The number of amides is 4. The lowest BCUT2D eigenvalue weighted by molar-refractivity contribution is -0.145. The molecule has 12 nitrogen and oxygen atoms in total. The fraction of sp³-hybridized carbons (Fsp3) is 0.867. The lowest BCUT2D eigenvalue weighted by Gasteiger charge is -2.39. The minimum atomic E-state index is -0.558. The molecule has 2 saturated heterocycles. The molecule has 0 aromatic rings. The van der Waals surface area contributed by atoms with Crippen LogP contribution in [0.25, 0.3) is 0 Å². The highest BCUT2D eigenvalue weighted by molar-refractivity contribution is 5.88. The molecule has 1 saturated carbocycles. The highest BCUT2D eigenvalue weighted by Crippen LogP contribution is 2.35. The second-order valence-corrected chi connectivity index (χ2v) is 12.3. The molecule has 0 spiro atoms. The van der Waals surface area contributed by atoms with E-state index in [2.05, 4.69) is 16.0 Å². The van der Waals surface area contributed by atoms with Crippen molar-refractivity contribution in [3.63, 3.8) is 0 Å². The van der Waals surface area contributed by atoms with Gasteiger partial charge in [0.1, 0.15) is 0 Å². The molecule has 0 radical (unpaired) electrons. The molecule has 1 aliphatic carbocycles. The number of carbonyl (C=O) groups excluding carboxylic acids is 4. The van der Waals surface area contributed by atoms with E-state index in [4.69, 9.17) is 14.6 Å². The van der Waals surface area contributed by atoms with Crippen LogP contribution in [0.5, 0.6) is 0 Å². The van der Waals surface area contributed by atoms with Crippen LogP contribution in [-0.4, -0.2) is 122 Å². The number of hydrogen-bond acceptors (Lipinski definition) is 8. The first-order valence-electron chi connectivity index (χ1n) is 15.6. The maximum atomic E-state index is 13.7. The molecule has 0 aromatic carbocycles. The first kappa shape index (κ1) is 34.2. The maximum absolute atomic E-state index is 13.7. The molecule has 2 bridgehead atoms. The number of likely N-dealkylation sites (tertiary alicyclic amines) is 1. The van der Waals surface area contributed by atoms with E-state index in [0.717, 1.165) is 32.1 Å². The molecule has 3 fully saturated rings. The van der Waals surface area contributed by atoms with Gasteiger partial charge < -0.3 is 40.3 Å². The molecule has 0 unspecified atom stereocenters. The summed E-state index contributed by atoms with van der Waals surface area (Å²) < 4.78 is 11.6. The standard InChI is InChI=1S/C30H53N5O7/c1-7-18(2)27(34(4)25(38)17-32-30(40)26-20-10-11-21(15-20)33-26)23(41-5)16-24(37)35-13-8-9-22(35)28(42-6)19(3)29(39)31-12-14-36/h18-23,26-28,33,36H,7-17H2,1-6H3,(H,31,39)(H,32,40)/t18-,19+,20-,21+,22-,23+,26-,27-,28+/m0/s1. The zero-order chi connectivity index (χ0) is 31.0. The van der Waals surface area contributed by atoms with E-state index in [1.165, 1.54) is 0 Å². The smallest absolute Gasteiger partial charge is 0.242 e. The van der Waals surface area contributed by atoms with Gasteiger partial charge in [0.05, 0.1) is 55.8 Å². The van der Waals surface area contributed by atoms with E-state index in [-0.39, 0.29) is 73.8 Å². The predicted octanol–water partition coefficient (Wildman–Crippen LogP) is 0.272. The van der Waals surface area contributed by atoms with Gasteiger partial charge in [-0.2, -0.15) is 0 Å². The van der Waals surface area contributed by atoms with Crippen LogP contribution in [0, 0.1) is 17.8 Å². The Kier molecular flexibility index (Phi) is 13.0. The third-order valence-corrected chi connectivity index (χ3v) is 9.77. The minimum Gasteiger partial charge on any atom is -0.395 e. The SMILES string of the molecule is CC[C@H](C)[C@@H]([C@@H](CC(=O)N1CCC[C@H]1[C@H](OC)[C@@H](C)C(=O)NCCO)OC)N(C)C(=O)CNC(=O)[C@H]1N[C@@H]2CC[C@H]1C2. The maximum Gasteiger partial charge on any atom is 0.242 e. The summed E-state index contributed by atoms with van der Waals surface area (Å²) in [6.07, 6.45) is 4.46. The normalized spacial score (nSPS) is 26.8. The minimum absolute atomic E-state index is 0.0379. The number of rotatable bonds is 16. The lowest BCUT2D eigenvalue weighted by Crippen LogP contribution is -2.55. The van der Waals surface area contributed by atoms with E-state index in [9.17, 15) is 19.2 Å². The number of hydrogen-bond donors (Lipinski definition) is 4. The van der Waals surface area contributed by atoms with E-state index in [1.54, 1.807) is 38.0 Å². The highest BCUT2D eigenvalue weighted by atomic mass is 16.5. The number of aliphatic hydroxyl groups excluding tert-OH is 1. The van der Waals surface area contributed by atoms with Gasteiger partial charge in [-0.3, -0.25) is 19.2 Å². The van der Waals surface area contributed by atoms with Crippen molar-refractivity contribution in [2.45, 2.75) is 102 Å². The molecule has 4 N–H and O–H groups in total.